The van der Waals surface area contributed by atoms with Gasteiger partial charge in [-0.2, -0.15) is 0 Å². The average molecular weight is 302 g/mol. The number of alkyl halides is 1. The average Bonchev–Trinajstić information content (AvgIpc) is 2.82. The third-order valence-electron chi connectivity index (χ3n) is 4.20. The predicted molar refractivity (Wildman–Crippen MR) is 78.0 cm³/mol. The fourth-order valence-corrected chi connectivity index (χ4v) is 2.46. The van der Waals surface area contributed by atoms with E-state index in [2.05, 4.69) is 16.2 Å². The number of rotatable bonds is 2. The van der Waals surface area contributed by atoms with Gasteiger partial charge in [0.05, 0.1) is 18.8 Å². The molecule has 21 heavy (non-hydrogen) atoms. The zero-order valence-electron chi connectivity index (χ0n) is 12.9. The number of piperidine rings is 1. The third-order valence-corrected chi connectivity index (χ3v) is 4.20. The first kappa shape index (κ1) is 16.6. The number of nitrogens with zero attached hydrogens (tertiary/aromatic N) is 1. The lowest BCUT2D eigenvalue weighted by molar-refractivity contribution is -0.138. The van der Waals surface area contributed by atoms with Crippen LogP contribution in [0.1, 0.15) is 39.0 Å². The molecule has 0 bridgehead atoms. The Morgan fingerprint density at radius 3 is 2.33 bits per heavy atom. The van der Waals surface area contributed by atoms with E-state index in [4.69, 9.17) is 4.74 Å². The van der Waals surface area contributed by atoms with Gasteiger partial charge >= 0.3 is 0 Å². The number of nitrogens with one attached hydrogen (secondary N) is 3. The first-order valence-corrected chi connectivity index (χ1v) is 7.84. The molecule has 6 nitrogen and oxygen atoms in total. The van der Waals surface area contributed by atoms with Crippen molar-refractivity contribution in [1.29, 1.82) is 0 Å². The Bertz CT molecular complexity index is 337. The number of halogens is 1. The molecule has 122 valence electrons. The maximum Gasteiger partial charge on any atom is 0.255 e. The molecule has 3 aliphatic rings. The Morgan fingerprint density at radius 2 is 1.90 bits per heavy atom. The molecule has 2 aliphatic heterocycles. The van der Waals surface area contributed by atoms with Gasteiger partial charge in [-0.05, 0) is 13.3 Å². The number of carbonyl (C=O) groups excluding carboxylic acids is 1. The lowest BCUT2D eigenvalue weighted by Gasteiger charge is -2.35. The molecule has 1 saturated carbocycles. The molecule has 2 saturated heterocycles. The van der Waals surface area contributed by atoms with Crippen molar-refractivity contribution in [3.8, 4) is 0 Å². The molecular weight excluding hydrogens is 275 g/mol. The van der Waals surface area contributed by atoms with Gasteiger partial charge in [0, 0.05) is 13.7 Å². The molecule has 0 radical (unpaired) electrons. The number of hydrogen-bond donors (Lipinski definition) is 3. The van der Waals surface area contributed by atoms with Crippen LogP contribution in [-0.4, -0.2) is 55.6 Å². The molecule has 4 unspecified atom stereocenters. The second kappa shape index (κ2) is 8.03. The summed E-state index contributed by atoms with van der Waals surface area (Å²) in [5, 5.41) is 3.02. The normalized spacial score (nSPS) is 35.7. The lowest BCUT2D eigenvalue weighted by atomic mass is 10.0. The summed E-state index contributed by atoms with van der Waals surface area (Å²) >= 11 is 0. The van der Waals surface area contributed by atoms with Gasteiger partial charge in [0.15, 0.2) is 6.17 Å². The van der Waals surface area contributed by atoms with E-state index in [9.17, 15) is 9.18 Å². The van der Waals surface area contributed by atoms with Crippen molar-refractivity contribution in [3.63, 3.8) is 0 Å². The summed E-state index contributed by atoms with van der Waals surface area (Å²) in [6.07, 6.45) is 4.60. The molecule has 1 amide bonds. The zero-order valence-corrected chi connectivity index (χ0v) is 12.9. The standard InChI is InChI=1S/C10H19FN4O2.C4H8/c1-6-12-9(14-13-6)10(16)15-4-3-8(17-2)7(11)5-15;1-2-4-3-1/h6-9,12-14H,3-5H2,1-2H3;1-4H2. The minimum absolute atomic E-state index is 0.0293. The molecule has 1 aliphatic carbocycles. The van der Waals surface area contributed by atoms with Crippen LogP contribution in [0.4, 0.5) is 4.39 Å². The molecule has 3 fully saturated rings. The molecule has 0 aromatic heterocycles. The number of amides is 1. The summed E-state index contributed by atoms with van der Waals surface area (Å²) in [5.41, 5.74) is 5.73. The number of hydrogen-bond acceptors (Lipinski definition) is 5. The summed E-state index contributed by atoms with van der Waals surface area (Å²) in [4.78, 5) is 13.6. The Kier molecular flexibility index (Phi) is 6.35. The van der Waals surface area contributed by atoms with E-state index in [0.717, 1.165) is 0 Å². The topological polar surface area (TPSA) is 65.6 Å². The fraction of sp³-hybridized carbons (Fsp3) is 0.929. The Balaban J connectivity index is 0.000000347. The Labute approximate surface area is 125 Å². The molecule has 2 heterocycles. The van der Waals surface area contributed by atoms with E-state index in [1.54, 1.807) is 0 Å². The van der Waals surface area contributed by atoms with Gasteiger partial charge < -0.3 is 9.64 Å². The second-order valence-electron chi connectivity index (χ2n) is 5.89. The van der Waals surface area contributed by atoms with Crippen LogP contribution in [0, 0.1) is 0 Å². The summed E-state index contributed by atoms with van der Waals surface area (Å²) < 4.78 is 18.7. The van der Waals surface area contributed by atoms with Crippen molar-refractivity contribution in [2.24, 2.45) is 0 Å². The summed E-state index contributed by atoms with van der Waals surface area (Å²) in [6, 6.07) is 0. The lowest BCUT2D eigenvalue weighted by Crippen LogP contribution is -2.55. The maximum absolute atomic E-state index is 13.6. The van der Waals surface area contributed by atoms with Gasteiger partial charge in [0.2, 0.25) is 0 Å². The minimum atomic E-state index is -1.11. The third kappa shape index (κ3) is 4.60. The van der Waals surface area contributed by atoms with Crippen LogP contribution in [0.25, 0.3) is 0 Å². The van der Waals surface area contributed by atoms with E-state index < -0.39 is 12.3 Å². The summed E-state index contributed by atoms with van der Waals surface area (Å²) in [6.45, 7) is 2.53. The number of hydrazine groups is 1. The predicted octanol–water partition coefficient (Wildman–Crippen LogP) is 0.502. The zero-order chi connectivity index (χ0) is 15.2. The van der Waals surface area contributed by atoms with Crippen LogP contribution in [0.2, 0.25) is 0 Å². The SMILES string of the molecule is C1CCC1.COC1CCN(C(=O)C2NNC(C)N2)CC1F. The minimum Gasteiger partial charge on any atom is -0.378 e. The van der Waals surface area contributed by atoms with E-state index in [-0.39, 0.29) is 24.7 Å². The smallest absolute Gasteiger partial charge is 0.255 e. The quantitative estimate of drug-likeness (QED) is 0.693. The Morgan fingerprint density at radius 1 is 1.24 bits per heavy atom. The van der Waals surface area contributed by atoms with E-state index in [1.165, 1.54) is 37.7 Å². The largest absolute Gasteiger partial charge is 0.378 e. The molecule has 7 heteroatoms. The van der Waals surface area contributed by atoms with Crippen molar-refractivity contribution < 1.29 is 13.9 Å². The van der Waals surface area contributed by atoms with Gasteiger partial charge in [-0.3, -0.25) is 10.1 Å². The fourth-order valence-electron chi connectivity index (χ4n) is 2.46. The number of ether oxygens (including phenoxy) is 1. The van der Waals surface area contributed by atoms with Crippen molar-refractivity contribution in [3.05, 3.63) is 0 Å². The van der Waals surface area contributed by atoms with Crippen molar-refractivity contribution in [1.82, 2.24) is 21.1 Å². The highest BCUT2D eigenvalue weighted by Crippen LogP contribution is 2.17. The highest BCUT2D eigenvalue weighted by molar-refractivity contribution is 5.81. The van der Waals surface area contributed by atoms with Gasteiger partial charge in [0.1, 0.15) is 6.17 Å². The monoisotopic (exact) mass is 302 g/mol. The van der Waals surface area contributed by atoms with Crippen molar-refractivity contribution in [2.45, 2.75) is 63.6 Å². The number of likely N-dealkylation sites (tertiary alicyclic amines) is 1. The molecule has 3 N–H and O–H groups in total. The van der Waals surface area contributed by atoms with Crippen molar-refractivity contribution in [2.75, 3.05) is 20.2 Å². The van der Waals surface area contributed by atoms with Crippen molar-refractivity contribution >= 4 is 5.91 Å². The molecule has 0 spiro atoms. The highest BCUT2D eigenvalue weighted by atomic mass is 19.1. The first-order valence-electron chi connectivity index (χ1n) is 7.84. The summed E-state index contributed by atoms with van der Waals surface area (Å²) in [7, 11) is 1.50. The first-order chi connectivity index (χ1) is 10.1. The molecular formula is C14H27FN4O2. The van der Waals surface area contributed by atoms with Gasteiger partial charge in [-0.1, -0.05) is 25.7 Å². The Hall–Kier alpha value is -0.760. The van der Waals surface area contributed by atoms with E-state index in [0.29, 0.717) is 13.0 Å². The van der Waals surface area contributed by atoms with E-state index >= 15 is 0 Å². The molecule has 4 atom stereocenters. The van der Waals surface area contributed by atoms with Crippen LogP contribution in [-0.2, 0) is 9.53 Å². The van der Waals surface area contributed by atoms with Gasteiger partial charge in [0.25, 0.3) is 5.91 Å². The molecule has 3 rings (SSSR count). The second-order valence-corrected chi connectivity index (χ2v) is 5.89. The van der Waals surface area contributed by atoms with Crippen LogP contribution in [0.5, 0.6) is 0 Å². The van der Waals surface area contributed by atoms with Gasteiger partial charge in [-0.15, -0.1) is 0 Å². The molecule has 0 aromatic carbocycles. The van der Waals surface area contributed by atoms with Gasteiger partial charge in [-0.25, -0.2) is 15.2 Å². The summed E-state index contributed by atoms with van der Waals surface area (Å²) in [5.74, 6) is -0.126. The molecule has 0 aromatic rings. The van der Waals surface area contributed by atoms with Crippen LogP contribution in [0.15, 0.2) is 0 Å². The number of methoxy groups -OCH3 is 1. The van der Waals surface area contributed by atoms with Crippen LogP contribution >= 0.6 is 0 Å². The van der Waals surface area contributed by atoms with Crippen LogP contribution < -0.4 is 16.2 Å². The maximum atomic E-state index is 13.6. The van der Waals surface area contributed by atoms with Crippen LogP contribution in [0.3, 0.4) is 0 Å². The van der Waals surface area contributed by atoms with E-state index in [1.807, 2.05) is 6.92 Å². The number of carbonyl (C=O) groups is 1. The highest BCUT2D eigenvalue weighted by Gasteiger charge is 2.36.